The number of rotatable bonds is 4. The van der Waals surface area contributed by atoms with Gasteiger partial charge in [0.25, 0.3) is 5.91 Å². The van der Waals surface area contributed by atoms with Gasteiger partial charge in [0.15, 0.2) is 0 Å². The van der Waals surface area contributed by atoms with Crippen molar-refractivity contribution in [1.29, 1.82) is 0 Å². The van der Waals surface area contributed by atoms with Gasteiger partial charge < -0.3 is 19.3 Å². The molecule has 0 aromatic carbocycles. The minimum Gasteiger partial charge on any atom is -0.403 e. The number of H-pyrrole nitrogens is 1. The van der Waals surface area contributed by atoms with Crippen molar-refractivity contribution in [2.24, 2.45) is 16.7 Å². The van der Waals surface area contributed by atoms with Crippen LogP contribution in [0.1, 0.15) is 56.5 Å². The summed E-state index contributed by atoms with van der Waals surface area (Å²) in [6.07, 6.45) is 6.44. The van der Waals surface area contributed by atoms with Crippen LogP contribution in [0.4, 0.5) is 0 Å². The van der Waals surface area contributed by atoms with Gasteiger partial charge in [-0.05, 0) is 42.4 Å². The van der Waals surface area contributed by atoms with Crippen LogP contribution in [-0.2, 0) is 4.79 Å². The van der Waals surface area contributed by atoms with Crippen molar-refractivity contribution in [3.8, 4) is 0 Å². The van der Waals surface area contributed by atoms with Gasteiger partial charge in [0.1, 0.15) is 0 Å². The van der Waals surface area contributed by atoms with E-state index in [1.807, 2.05) is 0 Å². The molecule has 2 aliphatic carbocycles. The van der Waals surface area contributed by atoms with Crippen LogP contribution < -0.4 is 5.76 Å². The summed E-state index contributed by atoms with van der Waals surface area (Å²) < 4.78 is 4.85. The number of nitrogens with zero attached hydrogens (tertiary/aromatic N) is 2. The molecule has 154 valence electrons. The fourth-order valence-electron chi connectivity index (χ4n) is 5.81. The molecule has 8 nitrogen and oxygen atoms in total. The zero-order valence-electron chi connectivity index (χ0n) is 16.6. The van der Waals surface area contributed by atoms with Crippen LogP contribution >= 0.6 is 0 Å². The Morgan fingerprint density at radius 3 is 2.54 bits per heavy atom. The SMILES string of the molecule is CC1(C)C2CCC1(CC(=O)N1CCN(C(=O)c3c[nH]c(=O)o3)C(CO)C1)CC2. The molecular formula is C20H29N3O5. The van der Waals surface area contributed by atoms with Crippen molar-refractivity contribution in [2.45, 2.75) is 52.0 Å². The molecule has 2 saturated carbocycles. The van der Waals surface area contributed by atoms with Crippen molar-refractivity contribution in [3.63, 3.8) is 0 Å². The van der Waals surface area contributed by atoms with Crippen LogP contribution in [0, 0.1) is 16.7 Å². The van der Waals surface area contributed by atoms with E-state index in [4.69, 9.17) is 4.42 Å². The maximum Gasteiger partial charge on any atom is 0.416 e. The lowest BCUT2D eigenvalue weighted by Crippen LogP contribution is -2.58. The molecule has 2 N–H and O–H groups in total. The van der Waals surface area contributed by atoms with Gasteiger partial charge in [-0.2, -0.15) is 0 Å². The number of hydrogen-bond donors (Lipinski definition) is 2. The third-order valence-corrected chi connectivity index (χ3v) is 7.86. The first-order valence-corrected chi connectivity index (χ1v) is 10.2. The van der Waals surface area contributed by atoms with Gasteiger partial charge in [0.2, 0.25) is 11.7 Å². The molecule has 1 aromatic rings. The molecule has 2 heterocycles. The third kappa shape index (κ3) is 2.89. The first-order valence-electron chi connectivity index (χ1n) is 10.2. The second-order valence-electron chi connectivity index (χ2n) is 9.17. The number of aromatic nitrogens is 1. The largest absolute Gasteiger partial charge is 0.416 e. The molecule has 1 unspecified atom stereocenters. The summed E-state index contributed by atoms with van der Waals surface area (Å²) in [6, 6.07) is -0.504. The molecule has 4 rings (SSSR count). The van der Waals surface area contributed by atoms with Crippen LogP contribution in [0.15, 0.2) is 15.4 Å². The maximum atomic E-state index is 13.1. The number of oxazole rings is 1. The minimum atomic E-state index is -0.689. The van der Waals surface area contributed by atoms with Crippen LogP contribution in [0.25, 0.3) is 0 Å². The second-order valence-corrected chi connectivity index (χ2v) is 9.17. The predicted octanol–water partition coefficient (Wildman–Crippen LogP) is 1.22. The molecule has 8 heteroatoms. The van der Waals surface area contributed by atoms with Crippen molar-refractivity contribution in [3.05, 3.63) is 22.5 Å². The van der Waals surface area contributed by atoms with Crippen LogP contribution in [0.5, 0.6) is 0 Å². The minimum absolute atomic E-state index is 0.0770. The Bertz CT molecular complexity index is 818. The second kappa shape index (κ2) is 6.76. The van der Waals surface area contributed by atoms with Crippen molar-refractivity contribution < 1.29 is 19.1 Å². The Hall–Kier alpha value is -2.09. The fraction of sp³-hybridized carbons (Fsp3) is 0.750. The van der Waals surface area contributed by atoms with E-state index in [-0.39, 0.29) is 29.1 Å². The van der Waals surface area contributed by atoms with Gasteiger partial charge in [-0.3, -0.25) is 14.6 Å². The van der Waals surface area contributed by atoms with Gasteiger partial charge in [0.05, 0.1) is 18.8 Å². The average Bonchev–Trinajstić information content (AvgIpc) is 3.29. The van der Waals surface area contributed by atoms with Gasteiger partial charge in [-0.1, -0.05) is 13.8 Å². The number of carbonyl (C=O) groups is 2. The summed E-state index contributed by atoms with van der Waals surface area (Å²) in [5.74, 6) is -0.373. The zero-order chi connectivity index (χ0) is 20.1. The number of hydrogen-bond acceptors (Lipinski definition) is 5. The predicted molar refractivity (Wildman–Crippen MR) is 101 cm³/mol. The van der Waals surface area contributed by atoms with E-state index >= 15 is 0 Å². The number of piperazine rings is 1. The smallest absolute Gasteiger partial charge is 0.403 e. The maximum absolute atomic E-state index is 13.1. The van der Waals surface area contributed by atoms with Gasteiger partial charge >= 0.3 is 5.76 Å². The zero-order valence-corrected chi connectivity index (χ0v) is 16.6. The highest BCUT2D eigenvalue weighted by atomic mass is 16.4. The van der Waals surface area contributed by atoms with Crippen LogP contribution in [-0.4, -0.2) is 64.0 Å². The van der Waals surface area contributed by atoms with Crippen molar-refractivity contribution in [1.82, 2.24) is 14.8 Å². The van der Waals surface area contributed by atoms with Gasteiger partial charge in [0, 0.05) is 26.1 Å². The Morgan fingerprint density at radius 2 is 2.00 bits per heavy atom. The number of amides is 2. The Morgan fingerprint density at radius 1 is 1.29 bits per heavy atom. The highest BCUT2D eigenvalue weighted by Gasteiger charge is 2.59. The lowest BCUT2D eigenvalue weighted by Gasteiger charge is -2.43. The van der Waals surface area contributed by atoms with E-state index < -0.39 is 17.7 Å². The van der Waals surface area contributed by atoms with E-state index in [1.165, 1.54) is 23.9 Å². The summed E-state index contributed by atoms with van der Waals surface area (Å²) in [5.41, 5.74) is 0.285. The highest BCUT2D eigenvalue weighted by Crippen LogP contribution is 2.67. The van der Waals surface area contributed by atoms with E-state index in [0.717, 1.165) is 18.8 Å². The standard InChI is InChI=1S/C20H29N3O5/c1-19(2)13-3-5-20(19,6-4-13)9-16(25)22-7-8-23(14(11-22)12-24)17(26)15-10-21-18(27)28-15/h10,13-14,24H,3-9,11-12H2,1-2H3,(H,21,27). The molecular weight excluding hydrogens is 362 g/mol. The molecule has 1 aromatic heterocycles. The molecule has 2 bridgehead atoms. The molecule has 2 amide bonds. The molecule has 1 aliphatic heterocycles. The summed E-state index contributed by atoms with van der Waals surface area (Å²) in [5, 5.41) is 9.80. The first kappa shape index (κ1) is 19.2. The Labute approximate surface area is 163 Å². The highest BCUT2D eigenvalue weighted by molar-refractivity contribution is 5.91. The molecule has 0 radical (unpaired) electrons. The Balaban J connectivity index is 1.43. The summed E-state index contributed by atoms with van der Waals surface area (Å²) in [6.45, 7) is 5.41. The molecule has 3 aliphatic rings. The normalized spacial score (nSPS) is 31.4. The van der Waals surface area contributed by atoms with Crippen LogP contribution in [0.2, 0.25) is 0 Å². The summed E-state index contributed by atoms with van der Waals surface area (Å²) in [7, 11) is 0. The number of nitrogens with one attached hydrogen (secondary N) is 1. The molecule has 1 saturated heterocycles. The number of aliphatic hydroxyl groups excluding tert-OH is 1. The molecule has 3 fully saturated rings. The number of aromatic amines is 1. The monoisotopic (exact) mass is 391 g/mol. The van der Waals surface area contributed by atoms with E-state index in [0.29, 0.717) is 26.1 Å². The van der Waals surface area contributed by atoms with Gasteiger partial charge in [-0.15, -0.1) is 0 Å². The number of fused-ring (bicyclic) bond motifs is 2. The van der Waals surface area contributed by atoms with Crippen LogP contribution in [0.3, 0.4) is 0 Å². The van der Waals surface area contributed by atoms with E-state index in [1.54, 1.807) is 4.90 Å². The quantitative estimate of drug-likeness (QED) is 0.803. The Kier molecular flexibility index (Phi) is 4.64. The average molecular weight is 391 g/mol. The lowest BCUT2D eigenvalue weighted by molar-refractivity contribution is -0.138. The first-order chi connectivity index (χ1) is 13.3. The topological polar surface area (TPSA) is 107 Å². The lowest BCUT2D eigenvalue weighted by atomic mass is 9.67. The van der Waals surface area contributed by atoms with Gasteiger partial charge in [-0.25, -0.2) is 4.79 Å². The van der Waals surface area contributed by atoms with Crippen molar-refractivity contribution in [2.75, 3.05) is 26.2 Å². The fourth-order valence-corrected chi connectivity index (χ4v) is 5.81. The summed E-state index contributed by atoms with van der Waals surface area (Å²) >= 11 is 0. The van der Waals surface area contributed by atoms with E-state index in [9.17, 15) is 19.5 Å². The third-order valence-electron chi connectivity index (χ3n) is 7.86. The number of aliphatic hydroxyl groups is 1. The molecule has 1 atom stereocenters. The van der Waals surface area contributed by atoms with Crippen molar-refractivity contribution >= 4 is 11.8 Å². The molecule has 28 heavy (non-hydrogen) atoms. The molecule has 0 spiro atoms. The summed E-state index contributed by atoms with van der Waals surface area (Å²) in [4.78, 5) is 42.4. The number of carbonyl (C=O) groups excluding carboxylic acids is 2. The van der Waals surface area contributed by atoms with E-state index in [2.05, 4.69) is 18.8 Å².